The highest BCUT2D eigenvalue weighted by Crippen LogP contribution is 2.33. The monoisotopic (exact) mass is 454 g/mol. The Labute approximate surface area is 198 Å². The molecule has 1 atom stereocenters. The number of hydrogen-bond acceptors (Lipinski definition) is 3. The second-order valence-corrected chi connectivity index (χ2v) is 9.24. The molecule has 0 saturated heterocycles. The standard InChI is InChI=1S/C28H26N2O2S/c1-19(2)26(30-27(31)23-16-10-12-20-11-6-7-15-22(20)23)28(32)29-24-17-8-9-18-25(24)33-21-13-4-3-5-14-21/h3-19,26H,1-2H3,(H,29,32)(H,30,31)/t26-/m1/s1. The van der Waals surface area contributed by atoms with Crippen LogP contribution in [0.4, 0.5) is 5.69 Å². The van der Waals surface area contributed by atoms with Crippen LogP contribution in [0.15, 0.2) is 107 Å². The Morgan fingerprint density at radius 1 is 0.758 bits per heavy atom. The van der Waals surface area contributed by atoms with Crippen molar-refractivity contribution in [1.82, 2.24) is 5.32 Å². The van der Waals surface area contributed by atoms with E-state index in [0.717, 1.165) is 26.3 Å². The van der Waals surface area contributed by atoms with Crippen molar-refractivity contribution in [2.45, 2.75) is 29.7 Å². The topological polar surface area (TPSA) is 58.2 Å². The number of anilines is 1. The second-order valence-electron chi connectivity index (χ2n) is 8.12. The van der Waals surface area contributed by atoms with E-state index in [9.17, 15) is 9.59 Å². The largest absolute Gasteiger partial charge is 0.340 e. The maximum Gasteiger partial charge on any atom is 0.252 e. The molecule has 0 fully saturated rings. The molecule has 0 aliphatic rings. The van der Waals surface area contributed by atoms with Gasteiger partial charge in [0.05, 0.1) is 5.69 Å². The SMILES string of the molecule is CC(C)[C@@H](NC(=O)c1cccc2ccccc12)C(=O)Nc1ccccc1Sc1ccccc1. The lowest BCUT2D eigenvalue weighted by Crippen LogP contribution is -2.47. The number of hydrogen-bond donors (Lipinski definition) is 2. The van der Waals surface area contributed by atoms with E-state index in [4.69, 9.17) is 0 Å². The van der Waals surface area contributed by atoms with Gasteiger partial charge in [0.1, 0.15) is 6.04 Å². The first-order chi connectivity index (χ1) is 16.0. The molecule has 4 nitrogen and oxygen atoms in total. The molecule has 4 aromatic carbocycles. The zero-order valence-corrected chi connectivity index (χ0v) is 19.4. The highest BCUT2D eigenvalue weighted by molar-refractivity contribution is 7.99. The average molecular weight is 455 g/mol. The van der Waals surface area contributed by atoms with E-state index in [1.165, 1.54) is 0 Å². The minimum Gasteiger partial charge on any atom is -0.340 e. The van der Waals surface area contributed by atoms with Gasteiger partial charge in [0.2, 0.25) is 5.91 Å². The Hall–Kier alpha value is -3.57. The number of amides is 2. The summed E-state index contributed by atoms with van der Waals surface area (Å²) in [4.78, 5) is 28.4. The van der Waals surface area contributed by atoms with Gasteiger partial charge in [-0.05, 0) is 47.0 Å². The van der Waals surface area contributed by atoms with E-state index in [1.54, 1.807) is 17.8 Å². The van der Waals surface area contributed by atoms with Crippen molar-refractivity contribution in [3.8, 4) is 0 Å². The van der Waals surface area contributed by atoms with Crippen LogP contribution >= 0.6 is 11.8 Å². The van der Waals surface area contributed by atoms with Crippen LogP contribution in [0.2, 0.25) is 0 Å². The van der Waals surface area contributed by atoms with Crippen molar-refractivity contribution in [1.29, 1.82) is 0 Å². The number of carbonyl (C=O) groups is 2. The first kappa shape index (κ1) is 22.6. The van der Waals surface area contributed by atoms with Crippen LogP contribution in [0, 0.1) is 5.92 Å². The summed E-state index contributed by atoms with van der Waals surface area (Å²) in [6, 6.07) is 30.4. The molecule has 0 aliphatic carbocycles. The van der Waals surface area contributed by atoms with Crippen molar-refractivity contribution in [3.63, 3.8) is 0 Å². The molecule has 4 aromatic rings. The first-order valence-electron chi connectivity index (χ1n) is 10.9. The fourth-order valence-corrected chi connectivity index (χ4v) is 4.59. The lowest BCUT2D eigenvalue weighted by atomic mass is 10.0. The number of carbonyl (C=O) groups excluding carboxylic acids is 2. The lowest BCUT2D eigenvalue weighted by molar-refractivity contribution is -0.118. The fourth-order valence-electron chi connectivity index (χ4n) is 3.66. The summed E-state index contributed by atoms with van der Waals surface area (Å²) in [6.07, 6.45) is 0. The highest BCUT2D eigenvalue weighted by atomic mass is 32.2. The molecule has 5 heteroatoms. The summed E-state index contributed by atoms with van der Waals surface area (Å²) in [5.74, 6) is -0.579. The van der Waals surface area contributed by atoms with Gasteiger partial charge in [-0.2, -0.15) is 0 Å². The van der Waals surface area contributed by atoms with Crippen LogP contribution in [-0.4, -0.2) is 17.9 Å². The van der Waals surface area contributed by atoms with Crippen molar-refractivity contribution in [2.24, 2.45) is 5.92 Å². The molecule has 0 unspecified atom stereocenters. The van der Waals surface area contributed by atoms with Gasteiger partial charge in [0.15, 0.2) is 0 Å². The second kappa shape index (κ2) is 10.4. The third kappa shape index (κ3) is 5.44. The first-order valence-corrected chi connectivity index (χ1v) is 11.8. The van der Waals surface area contributed by atoms with Gasteiger partial charge in [-0.25, -0.2) is 0 Å². The van der Waals surface area contributed by atoms with Crippen LogP contribution in [0.3, 0.4) is 0 Å². The number of nitrogens with one attached hydrogen (secondary N) is 2. The molecule has 0 spiro atoms. The zero-order chi connectivity index (χ0) is 23.2. The fraction of sp³-hybridized carbons (Fsp3) is 0.143. The van der Waals surface area contributed by atoms with Gasteiger partial charge in [-0.15, -0.1) is 0 Å². The smallest absolute Gasteiger partial charge is 0.252 e. The molecule has 0 heterocycles. The number of fused-ring (bicyclic) bond motifs is 1. The van der Waals surface area contributed by atoms with Crippen molar-refractivity contribution < 1.29 is 9.59 Å². The molecule has 0 aromatic heterocycles. The van der Waals surface area contributed by atoms with Crippen LogP contribution in [0.25, 0.3) is 10.8 Å². The molecule has 0 radical (unpaired) electrons. The molecule has 2 N–H and O–H groups in total. The molecular weight excluding hydrogens is 428 g/mol. The van der Waals surface area contributed by atoms with Crippen molar-refractivity contribution in [2.75, 3.05) is 5.32 Å². The highest BCUT2D eigenvalue weighted by Gasteiger charge is 2.26. The van der Waals surface area contributed by atoms with Gasteiger partial charge in [0, 0.05) is 15.4 Å². The predicted octanol–water partition coefficient (Wildman–Crippen LogP) is 6.38. The summed E-state index contributed by atoms with van der Waals surface area (Å²) in [5.41, 5.74) is 1.29. The van der Waals surface area contributed by atoms with E-state index in [2.05, 4.69) is 10.6 Å². The van der Waals surface area contributed by atoms with Crippen molar-refractivity contribution in [3.05, 3.63) is 103 Å². The number of benzene rings is 4. The molecule has 2 amide bonds. The quantitative estimate of drug-likeness (QED) is 0.340. The normalized spacial score (nSPS) is 11.8. The Morgan fingerprint density at radius 2 is 1.42 bits per heavy atom. The summed E-state index contributed by atoms with van der Waals surface area (Å²) in [5, 5.41) is 7.84. The van der Waals surface area contributed by atoms with Crippen LogP contribution < -0.4 is 10.6 Å². The minimum atomic E-state index is -0.675. The molecule has 0 saturated carbocycles. The van der Waals surface area contributed by atoms with Gasteiger partial charge < -0.3 is 10.6 Å². The molecular formula is C28H26N2O2S. The maximum atomic E-state index is 13.3. The van der Waals surface area contributed by atoms with E-state index in [0.29, 0.717) is 5.56 Å². The maximum absolute atomic E-state index is 13.3. The third-order valence-electron chi connectivity index (χ3n) is 5.39. The summed E-state index contributed by atoms with van der Waals surface area (Å²) in [6.45, 7) is 3.86. The van der Waals surface area contributed by atoms with Crippen molar-refractivity contribution >= 4 is 40.0 Å². The third-order valence-corrected chi connectivity index (χ3v) is 6.47. The van der Waals surface area contributed by atoms with Crippen LogP contribution in [0.5, 0.6) is 0 Å². The molecule has 0 bridgehead atoms. The molecule has 4 rings (SSSR count). The van der Waals surface area contributed by atoms with Gasteiger partial charge in [0.25, 0.3) is 5.91 Å². The molecule has 33 heavy (non-hydrogen) atoms. The molecule has 166 valence electrons. The summed E-state index contributed by atoms with van der Waals surface area (Å²) < 4.78 is 0. The Bertz CT molecular complexity index is 1270. The Balaban J connectivity index is 1.53. The average Bonchev–Trinajstić information content (AvgIpc) is 2.83. The Kier molecular flexibility index (Phi) is 7.10. The summed E-state index contributed by atoms with van der Waals surface area (Å²) >= 11 is 1.59. The molecule has 0 aliphatic heterocycles. The van der Waals surface area contributed by atoms with Crippen LogP contribution in [0.1, 0.15) is 24.2 Å². The van der Waals surface area contributed by atoms with E-state index < -0.39 is 6.04 Å². The summed E-state index contributed by atoms with van der Waals surface area (Å²) in [7, 11) is 0. The van der Waals surface area contributed by atoms with E-state index in [1.807, 2.05) is 105 Å². The van der Waals surface area contributed by atoms with E-state index in [-0.39, 0.29) is 17.7 Å². The number of rotatable bonds is 7. The van der Waals surface area contributed by atoms with E-state index >= 15 is 0 Å². The van der Waals surface area contributed by atoms with Crippen LogP contribution in [-0.2, 0) is 4.79 Å². The van der Waals surface area contributed by atoms with Gasteiger partial charge >= 0.3 is 0 Å². The number of para-hydroxylation sites is 1. The van der Waals surface area contributed by atoms with Gasteiger partial charge in [-0.1, -0.05) is 92.3 Å². The zero-order valence-electron chi connectivity index (χ0n) is 18.6. The minimum absolute atomic E-state index is 0.0853. The predicted molar refractivity (Wildman–Crippen MR) is 136 cm³/mol. The lowest BCUT2D eigenvalue weighted by Gasteiger charge is -2.23. The van der Waals surface area contributed by atoms with Gasteiger partial charge in [-0.3, -0.25) is 9.59 Å². The Morgan fingerprint density at radius 3 is 2.21 bits per heavy atom.